The van der Waals surface area contributed by atoms with Crippen molar-refractivity contribution in [1.29, 1.82) is 0 Å². The fourth-order valence-corrected chi connectivity index (χ4v) is 5.13. The number of amides is 1. The summed E-state index contributed by atoms with van der Waals surface area (Å²) in [6.45, 7) is 3.38. The van der Waals surface area contributed by atoms with Crippen molar-refractivity contribution >= 4 is 22.9 Å². The summed E-state index contributed by atoms with van der Waals surface area (Å²) in [5.74, 6) is 0.774. The maximum Gasteiger partial charge on any atom is 0.303 e. The number of aliphatic carboxylic acids is 1. The predicted molar refractivity (Wildman–Crippen MR) is 112 cm³/mol. The lowest BCUT2D eigenvalue weighted by Gasteiger charge is -2.40. The lowest BCUT2D eigenvalue weighted by Crippen LogP contribution is -2.47. The molecule has 2 unspecified atom stereocenters. The van der Waals surface area contributed by atoms with E-state index < -0.39 is 5.97 Å². The number of carbonyl (C=O) groups is 2. The van der Waals surface area contributed by atoms with Crippen LogP contribution in [0.4, 0.5) is 0 Å². The second kappa shape index (κ2) is 8.56. The highest BCUT2D eigenvalue weighted by molar-refractivity contribution is 5.79. The van der Waals surface area contributed by atoms with Gasteiger partial charge in [-0.15, -0.1) is 0 Å². The summed E-state index contributed by atoms with van der Waals surface area (Å²) in [6.07, 6.45) is 7.13. The molecule has 2 heterocycles. The summed E-state index contributed by atoms with van der Waals surface area (Å²) in [5, 5.41) is 9.37. The second-order valence-electron chi connectivity index (χ2n) is 8.93. The van der Waals surface area contributed by atoms with E-state index in [-0.39, 0.29) is 30.1 Å². The Kier molecular flexibility index (Phi) is 5.88. The van der Waals surface area contributed by atoms with Gasteiger partial charge in [0.1, 0.15) is 5.82 Å². The van der Waals surface area contributed by atoms with Gasteiger partial charge in [-0.3, -0.25) is 9.59 Å². The van der Waals surface area contributed by atoms with Crippen LogP contribution in [-0.2, 0) is 16.0 Å². The van der Waals surface area contributed by atoms with Crippen molar-refractivity contribution in [2.45, 2.75) is 58.3 Å². The molecule has 1 aliphatic heterocycles. The minimum atomic E-state index is -0.757. The van der Waals surface area contributed by atoms with Crippen molar-refractivity contribution in [2.24, 2.45) is 17.8 Å². The Labute approximate surface area is 171 Å². The molecular weight excluding hydrogens is 366 g/mol. The minimum Gasteiger partial charge on any atom is -0.481 e. The molecule has 0 spiro atoms. The second-order valence-corrected chi connectivity index (χ2v) is 8.93. The maximum absolute atomic E-state index is 13.0. The fourth-order valence-electron chi connectivity index (χ4n) is 5.13. The van der Waals surface area contributed by atoms with Gasteiger partial charge in [0.25, 0.3) is 0 Å². The molecule has 1 aromatic heterocycles. The third-order valence-corrected chi connectivity index (χ3v) is 6.74. The van der Waals surface area contributed by atoms with Gasteiger partial charge >= 0.3 is 5.97 Å². The molecule has 2 atom stereocenters. The van der Waals surface area contributed by atoms with Gasteiger partial charge in [-0.2, -0.15) is 0 Å². The number of nitrogens with one attached hydrogen (secondary N) is 1. The van der Waals surface area contributed by atoms with Gasteiger partial charge in [0.15, 0.2) is 0 Å². The van der Waals surface area contributed by atoms with E-state index in [1.165, 1.54) is 12.0 Å². The largest absolute Gasteiger partial charge is 0.481 e. The zero-order chi connectivity index (χ0) is 20.4. The van der Waals surface area contributed by atoms with Crippen LogP contribution < -0.4 is 0 Å². The molecule has 2 aliphatic rings. The number of fused-ring (bicyclic) bond motifs is 1. The number of hydrogen-bond donors (Lipinski definition) is 2. The standard InChI is InChI=1S/C23H31N3O3/c1-15-7-8-19-20(11-15)25-21(24-19)12-18-14-26(10-9-17(18)13-22(27)28)23(29)16-5-3-2-4-6-16/h7-8,11,16-18H,2-6,9-10,12-14H2,1H3,(H,24,25)(H,27,28). The van der Waals surface area contributed by atoms with Gasteiger partial charge < -0.3 is 15.0 Å². The van der Waals surface area contributed by atoms with E-state index in [2.05, 4.69) is 18.0 Å². The first-order valence-electron chi connectivity index (χ1n) is 11.0. The molecule has 4 rings (SSSR count). The van der Waals surface area contributed by atoms with Crippen molar-refractivity contribution in [3.05, 3.63) is 29.6 Å². The van der Waals surface area contributed by atoms with E-state index in [4.69, 9.17) is 4.98 Å². The third-order valence-electron chi connectivity index (χ3n) is 6.74. The first-order valence-corrected chi connectivity index (χ1v) is 11.0. The van der Waals surface area contributed by atoms with Crippen LogP contribution in [0.5, 0.6) is 0 Å². The predicted octanol–water partition coefficient (Wildman–Crippen LogP) is 3.93. The van der Waals surface area contributed by atoms with E-state index in [0.717, 1.165) is 49.0 Å². The summed E-state index contributed by atoms with van der Waals surface area (Å²) in [5.41, 5.74) is 3.13. The van der Waals surface area contributed by atoms with Crippen LogP contribution in [0.15, 0.2) is 18.2 Å². The summed E-state index contributed by atoms with van der Waals surface area (Å²) < 4.78 is 0. The molecule has 1 saturated carbocycles. The molecule has 1 aromatic carbocycles. The van der Waals surface area contributed by atoms with Crippen molar-refractivity contribution < 1.29 is 14.7 Å². The Morgan fingerprint density at radius 2 is 1.97 bits per heavy atom. The number of carboxylic acid groups (broad SMARTS) is 1. The zero-order valence-corrected chi connectivity index (χ0v) is 17.2. The number of H-pyrrole nitrogens is 1. The van der Waals surface area contributed by atoms with Gasteiger partial charge in [0.05, 0.1) is 11.0 Å². The number of nitrogens with zero attached hydrogens (tertiary/aromatic N) is 2. The monoisotopic (exact) mass is 397 g/mol. The Hall–Kier alpha value is -2.37. The number of likely N-dealkylation sites (tertiary alicyclic amines) is 1. The molecule has 2 N–H and O–H groups in total. The molecule has 2 fully saturated rings. The summed E-state index contributed by atoms with van der Waals surface area (Å²) in [7, 11) is 0. The minimum absolute atomic E-state index is 0.0813. The Balaban J connectivity index is 1.50. The Morgan fingerprint density at radius 3 is 2.72 bits per heavy atom. The van der Waals surface area contributed by atoms with Crippen LogP contribution in [-0.4, -0.2) is 44.9 Å². The number of benzene rings is 1. The lowest BCUT2D eigenvalue weighted by molar-refractivity contribution is -0.141. The number of carboxylic acids is 1. The van der Waals surface area contributed by atoms with Crippen LogP contribution in [0, 0.1) is 24.7 Å². The molecule has 156 valence electrons. The molecule has 0 bridgehead atoms. The SMILES string of the molecule is Cc1ccc2nc(CC3CN(C(=O)C4CCCCC4)CCC3CC(=O)O)[nH]c2c1. The van der Waals surface area contributed by atoms with E-state index in [9.17, 15) is 14.7 Å². The number of carbonyl (C=O) groups excluding carboxylic acids is 1. The Bertz CT molecular complexity index is 885. The highest BCUT2D eigenvalue weighted by Crippen LogP contribution is 2.32. The zero-order valence-electron chi connectivity index (χ0n) is 17.2. The van der Waals surface area contributed by atoms with Gasteiger partial charge in [-0.1, -0.05) is 25.3 Å². The van der Waals surface area contributed by atoms with Gasteiger partial charge in [0, 0.05) is 31.8 Å². The van der Waals surface area contributed by atoms with E-state index in [1.54, 1.807) is 0 Å². The molecule has 1 amide bonds. The number of rotatable bonds is 5. The van der Waals surface area contributed by atoms with Crippen LogP contribution in [0.1, 0.15) is 56.3 Å². The average molecular weight is 398 g/mol. The van der Waals surface area contributed by atoms with E-state index >= 15 is 0 Å². The fraction of sp³-hybridized carbons (Fsp3) is 0.609. The van der Waals surface area contributed by atoms with Crippen molar-refractivity contribution in [3.8, 4) is 0 Å². The molecule has 2 aromatic rings. The normalized spacial score (nSPS) is 23.4. The quantitative estimate of drug-likeness (QED) is 0.800. The Morgan fingerprint density at radius 1 is 1.17 bits per heavy atom. The molecule has 0 radical (unpaired) electrons. The van der Waals surface area contributed by atoms with Gasteiger partial charge in [-0.25, -0.2) is 4.98 Å². The maximum atomic E-state index is 13.0. The van der Waals surface area contributed by atoms with Crippen molar-refractivity contribution in [1.82, 2.24) is 14.9 Å². The van der Waals surface area contributed by atoms with Crippen molar-refractivity contribution in [3.63, 3.8) is 0 Å². The number of piperidine rings is 1. The topological polar surface area (TPSA) is 86.3 Å². The number of aromatic nitrogens is 2. The summed E-state index contributed by atoms with van der Waals surface area (Å²) in [4.78, 5) is 34.6. The summed E-state index contributed by atoms with van der Waals surface area (Å²) >= 11 is 0. The highest BCUT2D eigenvalue weighted by Gasteiger charge is 2.35. The average Bonchev–Trinajstić information content (AvgIpc) is 3.10. The number of imidazole rings is 1. The highest BCUT2D eigenvalue weighted by atomic mass is 16.4. The van der Waals surface area contributed by atoms with Gasteiger partial charge in [-0.05, 0) is 55.7 Å². The molecule has 29 heavy (non-hydrogen) atoms. The van der Waals surface area contributed by atoms with Crippen LogP contribution in [0.2, 0.25) is 0 Å². The molecule has 1 aliphatic carbocycles. The number of hydrogen-bond acceptors (Lipinski definition) is 3. The first kappa shape index (κ1) is 19.9. The van der Waals surface area contributed by atoms with Crippen LogP contribution >= 0.6 is 0 Å². The van der Waals surface area contributed by atoms with Crippen molar-refractivity contribution in [2.75, 3.05) is 13.1 Å². The van der Waals surface area contributed by atoms with Crippen LogP contribution in [0.3, 0.4) is 0 Å². The molecule has 1 saturated heterocycles. The molecular formula is C23H31N3O3. The number of aryl methyl sites for hydroxylation is 1. The van der Waals surface area contributed by atoms with E-state index in [1.807, 2.05) is 17.0 Å². The third kappa shape index (κ3) is 4.62. The van der Waals surface area contributed by atoms with Crippen LogP contribution in [0.25, 0.3) is 11.0 Å². The molecule has 6 nitrogen and oxygen atoms in total. The van der Waals surface area contributed by atoms with Gasteiger partial charge in [0.2, 0.25) is 5.91 Å². The number of aromatic amines is 1. The first-order chi connectivity index (χ1) is 14.0. The smallest absolute Gasteiger partial charge is 0.303 e. The molecule has 6 heteroatoms. The lowest BCUT2D eigenvalue weighted by atomic mass is 9.80. The van der Waals surface area contributed by atoms with E-state index in [0.29, 0.717) is 19.5 Å². The summed E-state index contributed by atoms with van der Waals surface area (Å²) in [6, 6.07) is 6.14.